The first-order chi connectivity index (χ1) is 25.1. The van der Waals surface area contributed by atoms with Crippen LogP contribution in [0, 0.1) is 0 Å². The molecule has 0 fully saturated rings. The maximum Gasteiger partial charge on any atom is 0.306 e. The zero-order valence-electron chi connectivity index (χ0n) is 34.6. The van der Waals surface area contributed by atoms with Crippen LogP contribution in [0.4, 0.5) is 0 Å². The van der Waals surface area contributed by atoms with Crippen molar-refractivity contribution in [2.75, 3.05) is 13.2 Å². The van der Waals surface area contributed by atoms with E-state index >= 15 is 0 Å². The van der Waals surface area contributed by atoms with Crippen molar-refractivity contribution in [1.29, 1.82) is 0 Å². The Bertz CT molecular complexity index is 695. The van der Waals surface area contributed by atoms with Crippen LogP contribution >= 0.6 is 0 Å². The van der Waals surface area contributed by atoms with Gasteiger partial charge in [-0.1, -0.05) is 239 Å². The smallest absolute Gasteiger partial charge is 0.306 e. The summed E-state index contributed by atoms with van der Waals surface area (Å²) in [6.45, 7) is 4.19. The minimum atomic E-state index is -0.762. The molecule has 304 valence electrons. The lowest BCUT2D eigenvalue weighted by atomic mass is 10.0. The summed E-state index contributed by atoms with van der Waals surface area (Å²) >= 11 is 0. The average Bonchev–Trinajstić information content (AvgIpc) is 3.13. The number of ether oxygens (including phenoxy) is 2. The molecule has 0 aliphatic rings. The maximum absolute atomic E-state index is 12.2. The van der Waals surface area contributed by atoms with Crippen molar-refractivity contribution < 1.29 is 24.2 Å². The molecule has 1 atom stereocenters. The van der Waals surface area contributed by atoms with Crippen LogP contribution in [0.1, 0.15) is 264 Å². The molecule has 5 heteroatoms. The molecule has 1 N–H and O–H groups in total. The van der Waals surface area contributed by atoms with Crippen molar-refractivity contribution in [3.63, 3.8) is 0 Å². The number of hydrogen-bond donors (Lipinski definition) is 1. The molecule has 0 aromatic rings. The van der Waals surface area contributed by atoms with Gasteiger partial charge in [-0.15, -0.1) is 0 Å². The fourth-order valence-electron chi connectivity index (χ4n) is 7.15. The molecule has 0 amide bonds. The van der Waals surface area contributed by atoms with E-state index in [0.29, 0.717) is 12.8 Å². The van der Waals surface area contributed by atoms with Crippen LogP contribution in [0.25, 0.3) is 0 Å². The Balaban J connectivity index is 3.44. The highest BCUT2D eigenvalue weighted by atomic mass is 16.6. The van der Waals surface area contributed by atoms with Crippen molar-refractivity contribution >= 4 is 11.9 Å². The SMILES string of the molecule is CCCCCCCCCCCCCCCCCCCCCCC(=O)OC[C@H](CO)OC(=O)CCCCCCCCCCCCCCCCCCC. The molecule has 0 bridgehead atoms. The number of hydrogen-bond acceptors (Lipinski definition) is 5. The van der Waals surface area contributed by atoms with Crippen LogP contribution in [-0.4, -0.2) is 36.4 Å². The second kappa shape index (κ2) is 43.3. The van der Waals surface area contributed by atoms with Gasteiger partial charge in [-0.3, -0.25) is 9.59 Å². The second-order valence-electron chi connectivity index (χ2n) is 15.9. The maximum atomic E-state index is 12.2. The van der Waals surface area contributed by atoms with Crippen LogP contribution in [-0.2, 0) is 19.1 Å². The first-order valence-corrected chi connectivity index (χ1v) is 23.1. The molecule has 0 aromatic carbocycles. The number of carbonyl (C=O) groups is 2. The summed E-state index contributed by atoms with van der Waals surface area (Å²) < 4.78 is 10.7. The number of aliphatic hydroxyl groups is 1. The van der Waals surface area contributed by atoms with Crippen LogP contribution < -0.4 is 0 Å². The highest BCUT2D eigenvalue weighted by Gasteiger charge is 2.16. The van der Waals surface area contributed by atoms with E-state index < -0.39 is 6.10 Å². The zero-order chi connectivity index (χ0) is 37.1. The molecule has 51 heavy (non-hydrogen) atoms. The van der Waals surface area contributed by atoms with E-state index in [0.717, 1.165) is 32.1 Å². The Morgan fingerprint density at radius 3 is 0.863 bits per heavy atom. The predicted molar refractivity (Wildman–Crippen MR) is 219 cm³/mol. The van der Waals surface area contributed by atoms with Gasteiger partial charge in [0.1, 0.15) is 6.61 Å². The Labute approximate surface area is 319 Å². The van der Waals surface area contributed by atoms with Crippen LogP contribution in [0.3, 0.4) is 0 Å². The lowest BCUT2D eigenvalue weighted by molar-refractivity contribution is -0.161. The molecule has 0 unspecified atom stereocenters. The normalized spacial score (nSPS) is 12.0. The van der Waals surface area contributed by atoms with E-state index in [-0.39, 0.29) is 25.2 Å². The van der Waals surface area contributed by atoms with Crippen LogP contribution in [0.2, 0.25) is 0 Å². The molecule has 0 saturated heterocycles. The zero-order valence-corrected chi connectivity index (χ0v) is 34.6. The first kappa shape index (κ1) is 49.9. The molecule has 0 radical (unpaired) electrons. The Kier molecular flexibility index (Phi) is 42.4. The van der Waals surface area contributed by atoms with E-state index in [1.807, 2.05) is 0 Å². The third-order valence-electron chi connectivity index (χ3n) is 10.7. The molecular formula is C46H90O5. The van der Waals surface area contributed by atoms with Gasteiger partial charge >= 0.3 is 11.9 Å². The minimum Gasteiger partial charge on any atom is -0.462 e. The molecular weight excluding hydrogens is 633 g/mol. The molecule has 0 saturated carbocycles. The molecule has 0 aromatic heterocycles. The summed E-state index contributed by atoms with van der Waals surface area (Å²) in [7, 11) is 0. The van der Waals surface area contributed by atoms with Gasteiger partial charge in [0, 0.05) is 12.8 Å². The fourth-order valence-corrected chi connectivity index (χ4v) is 7.15. The minimum absolute atomic E-state index is 0.0562. The Morgan fingerprint density at radius 2 is 0.608 bits per heavy atom. The predicted octanol–water partition coefficient (Wildman–Crippen LogP) is 14.7. The van der Waals surface area contributed by atoms with E-state index in [1.54, 1.807) is 0 Å². The highest BCUT2D eigenvalue weighted by molar-refractivity contribution is 5.70. The van der Waals surface area contributed by atoms with Crippen LogP contribution in [0.15, 0.2) is 0 Å². The first-order valence-electron chi connectivity index (χ1n) is 23.1. The van der Waals surface area contributed by atoms with E-state index in [1.165, 1.54) is 205 Å². The molecule has 0 rings (SSSR count). The van der Waals surface area contributed by atoms with Crippen molar-refractivity contribution in [3.8, 4) is 0 Å². The van der Waals surface area contributed by atoms with Crippen molar-refractivity contribution in [2.45, 2.75) is 270 Å². The Morgan fingerprint density at radius 1 is 0.373 bits per heavy atom. The number of carbonyl (C=O) groups excluding carboxylic acids is 2. The quantitative estimate of drug-likeness (QED) is 0.0501. The second-order valence-corrected chi connectivity index (χ2v) is 15.9. The van der Waals surface area contributed by atoms with Gasteiger partial charge < -0.3 is 14.6 Å². The lowest BCUT2D eigenvalue weighted by Gasteiger charge is -2.15. The third kappa shape index (κ3) is 41.5. The van der Waals surface area contributed by atoms with Crippen molar-refractivity contribution in [1.82, 2.24) is 0 Å². The largest absolute Gasteiger partial charge is 0.462 e. The molecule has 5 nitrogen and oxygen atoms in total. The van der Waals surface area contributed by atoms with Crippen LogP contribution in [0.5, 0.6) is 0 Å². The average molecular weight is 723 g/mol. The topological polar surface area (TPSA) is 72.8 Å². The summed E-state index contributed by atoms with van der Waals surface area (Å²) in [5, 5.41) is 9.59. The standard InChI is InChI=1S/C46H90O5/c1-3-5-7-9-11-13-15-17-19-21-22-23-25-26-28-30-32-34-36-38-40-45(48)50-43-44(42-47)51-46(49)41-39-37-35-33-31-29-27-24-20-18-16-14-12-10-8-6-4-2/h44,47H,3-43H2,1-2H3/t44-/m0/s1. The monoisotopic (exact) mass is 723 g/mol. The number of aliphatic hydroxyl groups excluding tert-OH is 1. The van der Waals surface area contributed by atoms with E-state index in [2.05, 4.69) is 13.8 Å². The summed E-state index contributed by atoms with van der Waals surface area (Å²) in [6.07, 6.45) is 48.9. The van der Waals surface area contributed by atoms with Gasteiger partial charge in [0.05, 0.1) is 6.61 Å². The summed E-state index contributed by atoms with van der Waals surface area (Å²) in [6, 6.07) is 0. The van der Waals surface area contributed by atoms with Gasteiger partial charge in [-0.05, 0) is 12.8 Å². The van der Waals surface area contributed by atoms with Crippen molar-refractivity contribution in [2.24, 2.45) is 0 Å². The summed E-state index contributed by atoms with van der Waals surface area (Å²) in [5.74, 6) is -0.569. The molecule has 0 heterocycles. The number of rotatable bonds is 43. The van der Waals surface area contributed by atoms with Gasteiger partial charge in [0.2, 0.25) is 0 Å². The third-order valence-corrected chi connectivity index (χ3v) is 10.7. The van der Waals surface area contributed by atoms with Gasteiger partial charge in [-0.25, -0.2) is 0 Å². The van der Waals surface area contributed by atoms with E-state index in [9.17, 15) is 14.7 Å². The van der Waals surface area contributed by atoms with Gasteiger partial charge in [0.25, 0.3) is 0 Å². The summed E-state index contributed by atoms with van der Waals surface area (Å²) in [4.78, 5) is 24.4. The van der Waals surface area contributed by atoms with E-state index in [4.69, 9.17) is 9.47 Å². The molecule has 0 spiro atoms. The lowest BCUT2D eigenvalue weighted by Crippen LogP contribution is -2.28. The van der Waals surface area contributed by atoms with Gasteiger partial charge in [0.15, 0.2) is 6.10 Å². The summed E-state index contributed by atoms with van der Waals surface area (Å²) in [5.41, 5.74) is 0. The number of esters is 2. The Hall–Kier alpha value is -1.10. The fraction of sp³-hybridized carbons (Fsp3) is 0.957. The molecule has 0 aliphatic heterocycles. The molecule has 0 aliphatic carbocycles. The van der Waals surface area contributed by atoms with Gasteiger partial charge in [-0.2, -0.15) is 0 Å². The number of unbranched alkanes of at least 4 members (excludes halogenated alkanes) is 35. The highest BCUT2D eigenvalue weighted by Crippen LogP contribution is 2.17. The van der Waals surface area contributed by atoms with Crippen molar-refractivity contribution in [3.05, 3.63) is 0 Å².